The van der Waals surface area contributed by atoms with Gasteiger partial charge in [-0.05, 0) is 29.0 Å². The molecule has 0 aliphatic rings. The molecule has 0 atom stereocenters. The summed E-state index contributed by atoms with van der Waals surface area (Å²) in [5.41, 5.74) is 0.792. The van der Waals surface area contributed by atoms with E-state index >= 15 is 0 Å². The maximum atomic E-state index is 12.1. The number of ether oxygens (including phenoxy) is 1. The third kappa shape index (κ3) is 2.16. The van der Waals surface area contributed by atoms with Gasteiger partial charge < -0.3 is 4.74 Å². The van der Waals surface area contributed by atoms with Crippen LogP contribution in [-0.4, -0.2) is 12.9 Å². The van der Waals surface area contributed by atoms with Gasteiger partial charge in [-0.25, -0.2) is 0 Å². The molecular formula is C15H16O2. The highest BCUT2D eigenvalue weighted by Crippen LogP contribution is 2.25. The molecule has 0 aromatic heterocycles. The third-order valence-corrected chi connectivity index (χ3v) is 2.88. The van der Waals surface area contributed by atoms with E-state index in [9.17, 15) is 4.79 Å². The lowest BCUT2D eigenvalue weighted by atomic mass is 9.95. The molecule has 0 radical (unpaired) electrons. The lowest BCUT2D eigenvalue weighted by molar-refractivity contribution is 0.0941. The molecule has 2 nitrogen and oxygen atoms in total. The minimum atomic E-state index is 0.0164. The van der Waals surface area contributed by atoms with Crippen molar-refractivity contribution in [2.45, 2.75) is 13.8 Å². The van der Waals surface area contributed by atoms with Gasteiger partial charge in [0.2, 0.25) is 0 Å². The van der Waals surface area contributed by atoms with Crippen molar-refractivity contribution in [3.05, 3.63) is 42.0 Å². The Balaban J connectivity index is 2.62. The van der Waals surface area contributed by atoms with Crippen LogP contribution in [0.5, 0.6) is 5.75 Å². The minimum absolute atomic E-state index is 0.0164. The molecule has 0 unspecified atom stereocenters. The summed E-state index contributed by atoms with van der Waals surface area (Å²) in [6, 6.07) is 11.6. The summed E-state index contributed by atoms with van der Waals surface area (Å²) in [5.74, 6) is 1.01. The monoisotopic (exact) mass is 228 g/mol. The molecular weight excluding hydrogens is 212 g/mol. The van der Waals surface area contributed by atoms with Crippen LogP contribution in [0.25, 0.3) is 10.8 Å². The zero-order valence-corrected chi connectivity index (χ0v) is 10.4. The zero-order chi connectivity index (χ0) is 12.4. The third-order valence-electron chi connectivity index (χ3n) is 2.88. The second-order valence-corrected chi connectivity index (χ2v) is 4.41. The Labute approximate surface area is 101 Å². The van der Waals surface area contributed by atoms with E-state index in [0.29, 0.717) is 0 Å². The van der Waals surface area contributed by atoms with Gasteiger partial charge in [0.1, 0.15) is 5.75 Å². The predicted molar refractivity (Wildman–Crippen MR) is 69.7 cm³/mol. The molecule has 0 heterocycles. The number of benzene rings is 2. The van der Waals surface area contributed by atoms with E-state index in [1.54, 1.807) is 7.11 Å². The molecule has 2 rings (SSSR count). The highest BCUT2D eigenvalue weighted by Gasteiger charge is 2.13. The number of Topliss-reactive ketones (excluding diaryl/α,β-unsaturated/α-hetero) is 1. The van der Waals surface area contributed by atoms with Crippen molar-refractivity contribution in [1.82, 2.24) is 0 Å². The van der Waals surface area contributed by atoms with E-state index in [0.717, 1.165) is 22.1 Å². The van der Waals surface area contributed by atoms with E-state index in [2.05, 4.69) is 0 Å². The highest BCUT2D eigenvalue weighted by molar-refractivity contribution is 6.09. The molecule has 0 bridgehead atoms. The number of hydrogen-bond acceptors (Lipinski definition) is 2. The van der Waals surface area contributed by atoms with Gasteiger partial charge in [-0.3, -0.25) is 4.79 Å². The van der Waals surface area contributed by atoms with Crippen LogP contribution in [0.4, 0.5) is 0 Å². The Hall–Kier alpha value is -1.83. The second-order valence-electron chi connectivity index (χ2n) is 4.41. The van der Waals surface area contributed by atoms with Crippen LogP contribution in [0.1, 0.15) is 24.2 Å². The maximum absolute atomic E-state index is 12.1. The average Bonchev–Trinajstić information content (AvgIpc) is 2.36. The fraction of sp³-hybridized carbons (Fsp3) is 0.267. The van der Waals surface area contributed by atoms with Crippen molar-refractivity contribution < 1.29 is 9.53 Å². The number of carbonyl (C=O) groups excluding carboxylic acids is 1. The molecule has 0 saturated heterocycles. The smallest absolute Gasteiger partial charge is 0.166 e. The first-order chi connectivity index (χ1) is 8.13. The zero-order valence-electron chi connectivity index (χ0n) is 10.4. The minimum Gasteiger partial charge on any atom is -0.497 e. The van der Waals surface area contributed by atoms with Gasteiger partial charge in [0.25, 0.3) is 0 Å². The van der Waals surface area contributed by atoms with Crippen LogP contribution < -0.4 is 4.74 Å². The van der Waals surface area contributed by atoms with Gasteiger partial charge in [-0.1, -0.05) is 32.0 Å². The summed E-state index contributed by atoms with van der Waals surface area (Å²) in [4.78, 5) is 12.1. The van der Waals surface area contributed by atoms with Crippen LogP contribution in [0.15, 0.2) is 36.4 Å². The van der Waals surface area contributed by atoms with E-state index in [4.69, 9.17) is 4.74 Å². The van der Waals surface area contributed by atoms with Crippen molar-refractivity contribution in [2.75, 3.05) is 7.11 Å². The Bertz CT molecular complexity index is 556. The Morgan fingerprint density at radius 3 is 2.59 bits per heavy atom. The Morgan fingerprint density at radius 1 is 1.18 bits per heavy atom. The molecule has 0 spiro atoms. The number of carbonyl (C=O) groups is 1. The van der Waals surface area contributed by atoms with Crippen molar-refractivity contribution >= 4 is 16.6 Å². The van der Waals surface area contributed by atoms with Crippen molar-refractivity contribution in [1.29, 1.82) is 0 Å². The van der Waals surface area contributed by atoms with Crippen LogP contribution in [0.3, 0.4) is 0 Å². The summed E-state index contributed by atoms with van der Waals surface area (Å²) in [7, 11) is 1.64. The van der Waals surface area contributed by atoms with Crippen molar-refractivity contribution in [3.63, 3.8) is 0 Å². The fourth-order valence-electron chi connectivity index (χ4n) is 1.91. The van der Waals surface area contributed by atoms with E-state index < -0.39 is 0 Å². The second kappa shape index (κ2) is 4.58. The van der Waals surface area contributed by atoms with Crippen LogP contribution in [-0.2, 0) is 0 Å². The molecule has 0 aliphatic heterocycles. The average molecular weight is 228 g/mol. The highest BCUT2D eigenvalue weighted by atomic mass is 16.5. The van der Waals surface area contributed by atoms with Crippen LogP contribution >= 0.6 is 0 Å². The molecule has 0 N–H and O–H groups in total. The van der Waals surface area contributed by atoms with Gasteiger partial charge >= 0.3 is 0 Å². The van der Waals surface area contributed by atoms with Crippen molar-refractivity contribution in [3.8, 4) is 5.75 Å². The molecule has 2 heteroatoms. The fourth-order valence-corrected chi connectivity index (χ4v) is 1.91. The Morgan fingerprint density at radius 2 is 1.94 bits per heavy atom. The maximum Gasteiger partial charge on any atom is 0.166 e. The van der Waals surface area contributed by atoms with Crippen molar-refractivity contribution in [2.24, 2.45) is 5.92 Å². The number of hydrogen-bond donors (Lipinski definition) is 0. The van der Waals surface area contributed by atoms with Gasteiger partial charge in [-0.2, -0.15) is 0 Å². The SMILES string of the molecule is COc1ccc2c(C(=O)C(C)C)cccc2c1. The number of fused-ring (bicyclic) bond motifs is 1. The predicted octanol–water partition coefficient (Wildman–Crippen LogP) is 3.69. The van der Waals surface area contributed by atoms with Crippen LogP contribution in [0.2, 0.25) is 0 Å². The molecule has 2 aromatic rings. The Kier molecular flexibility index (Phi) is 3.14. The van der Waals surface area contributed by atoms with Gasteiger partial charge in [0.15, 0.2) is 5.78 Å². The van der Waals surface area contributed by atoms with E-state index in [1.165, 1.54) is 0 Å². The number of rotatable bonds is 3. The first-order valence-electron chi connectivity index (χ1n) is 5.74. The number of methoxy groups -OCH3 is 1. The molecule has 0 fully saturated rings. The summed E-state index contributed by atoms with van der Waals surface area (Å²) in [6.45, 7) is 3.84. The summed E-state index contributed by atoms with van der Waals surface area (Å²) < 4.78 is 5.19. The standard InChI is InChI=1S/C15H16O2/c1-10(2)15(16)14-6-4-5-11-9-12(17-3)7-8-13(11)14/h4-10H,1-3H3. The normalized spacial score (nSPS) is 10.8. The molecule has 0 saturated carbocycles. The lowest BCUT2D eigenvalue weighted by Gasteiger charge is -2.09. The quantitative estimate of drug-likeness (QED) is 0.749. The first-order valence-corrected chi connectivity index (χ1v) is 5.74. The first kappa shape index (κ1) is 11.6. The van der Waals surface area contributed by atoms with E-state index in [1.807, 2.05) is 50.2 Å². The van der Waals surface area contributed by atoms with Crippen LogP contribution in [0, 0.1) is 5.92 Å². The molecule has 17 heavy (non-hydrogen) atoms. The molecule has 0 amide bonds. The lowest BCUT2D eigenvalue weighted by Crippen LogP contribution is -2.07. The van der Waals surface area contributed by atoms with Gasteiger partial charge in [0, 0.05) is 11.5 Å². The molecule has 0 aliphatic carbocycles. The largest absolute Gasteiger partial charge is 0.497 e. The van der Waals surface area contributed by atoms with E-state index in [-0.39, 0.29) is 11.7 Å². The summed E-state index contributed by atoms with van der Waals surface area (Å²) in [6.07, 6.45) is 0. The molecule has 2 aromatic carbocycles. The van der Waals surface area contributed by atoms with Gasteiger partial charge in [-0.15, -0.1) is 0 Å². The summed E-state index contributed by atoms with van der Waals surface area (Å²) >= 11 is 0. The number of ketones is 1. The summed E-state index contributed by atoms with van der Waals surface area (Å²) in [5, 5.41) is 2.03. The topological polar surface area (TPSA) is 26.3 Å². The van der Waals surface area contributed by atoms with Gasteiger partial charge in [0.05, 0.1) is 7.11 Å². The molecule has 88 valence electrons.